The van der Waals surface area contributed by atoms with Crippen LogP contribution in [0.1, 0.15) is 48.7 Å². The molecule has 6 nitrogen and oxygen atoms in total. The number of benzene rings is 2. The van der Waals surface area contributed by atoms with Gasteiger partial charge < -0.3 is 14.5 Å². The zero-order valence-corrected chi connectivity index (χ0v) is 18.4. The molecule has 0 saturated carbocycles. The Morgan fingerprint density at radius 1 is 1.13 bits per heavy atom. The van der Waals surface area contributed by atoms with E-state index in [0.717, 1.165) is 41.5 Å². The summed E-state index contributed by atoms with van der Waals surface area (Å²) >= 11 is 0. The van der Waals surface area contributed by atoms with E-state index in [4.69, 9.17) is 0 Å². The molecule has 3 heterocycles. The molecule has 0 spiro atoms. The van der Waals surface area contributed by atoms with Crippen LogP contribution in [0.2, 0.25) is 0 Å². The molecule has 6 rings (SSSR count). The van der Waals surface area contributed by atoms with Crippen LogP contribution in [0.25, 0.3) is 22.1 Å². The Morgan fingerprint density at radius 2 is 1.97 bits per heavy atom. The van der Waals surface area contributed by atoms with Crippen molar-refractivity contribution in [2.75, 3.05) is 6.54 Å². The van der Waals surface area contributed by atoms with Gasteiger partial charge in [0.1, 0.15) is 0 Å². The van der Waals surface area contributed by atoms with E-state index in [1.165, 1.54) is 16.6 Å². The maximum absolute atomic E-state index is 13.7. The molecule has 2 atom stereocenters. The number of H-pyrrole nitrogens is 1. The molecular weight excluding hydrogens is 386 g/mol. The number of hydrogen-bond donors (Lipinski definition) is 1. The number of likely N-dealkylation sites (tertiary alicyclic amines) is 1. The SMILES string of the molecule is Cn1cnc2cc3c(cc21)C1(C)CCN(C(=O)c2ccc4nc[nH]c4c2)C(C3)C1(C)C. The molecule has 2 aromatic heterocycles. The second kappa shape index (κ2) is 5.96. The van der Waals surface area contributed by atoms with Crippen LogP contribution in [0.4, 0.5) is 0 Å². The predicted molar refractivity (Wildman–Crippen MR) is 121 cm³/mol. The Kier molecular flexibility index (Phi) is 3.58. The summed E-state index contributed by atoms with van der Waals surface area (Å²) in [6.45, 7) is 7.84. The minimum Gasteiger partial charge on any atom is -0.345 e. The van der Waals surface area contributed by atoms with Gasteiger partial charge in [-0.25, -0.2) is 9.97 Å². The Balaban J connectivity index is 1.45. The van der Waals surface area contributed by atoms with Gasteiger partial charge in [0.25, 0.3) is 5.91 Å². The van der Waals surface area contributed by atoms with E-state index in [9.17, 15) is 4.79 Å². The molecule has 1 amide bonds. The van der Waals surface area contributed by atoms with Crippen LogP contribution >= 0.6 is 0 Å². The molecule has 1 aliphatic heterocycles. The second-order valence-electron chi connectivity index (χ2n) is 10.0. The van der Waals surface area contributed by atoms with E-state index in [1.807, 2.05) is 24.5 Å². The third-order valence-electron chi connectivity index (χ3n) is 8.37. The minimum absolute atomic E-state index is 0.00776. The molecule has 2 aromatic carbocycles. The normalized spacial score (nSPS) is 24.5. The molecule has 1 N–H and O–H groups in total. The van der Waals surface area contributed by atoms with Gasteiger partial charge in [0.05, 0.1) is 34.7 Å². The number of piperidine rings is 1. The predicted octanol–water partition coefficient (Wildman–Crippen LogP) is 4.20. The molecule has 6 heteroatoms. The van der Waals surface area contributed by atoms with Gasteiger partial charge in [0.2, 0.25) is 0 Å². The third-order valence-corrected chi connectivity index (χ3v) is 8.37. The van der Waals surface area contributed by atoms with Crippen molar-refractivity contribution in [1.82, 2.24) is 24.4 Å². The van der Waals surface area contributed by atoms with Gasteiger partial charge in [-0.05, 0) is 59.7 Å². The van der Waals surface area contributed by atoms with Gasteiger partial charge in [0, 0.05) is 30.6 Å². The topological polar surface area (TPSA) is 66.8 Å². The number of aromatic amines is 1. The number of amides is 1. The lowest BCUT2D eigenvalue weighted by atomic mass is 9.51. The van der Waals surface area contributed by atoms with E-state index in [2.05, 4.69) is 64.4 Å². The van der Waals surface area contributed by atoms with Crippen molar-refractivity contribution in [1.29, 1.82) is 0 Å². The highest BCUT2D eigenvalue weighted by molar-refractivity contribution is 5.97. The Morgan fingerprint density at radius 3 is 2.81 bits per heavy atom. The molecule has 4 aromatic rings. The quantitative estimate of drug-likeness (QED) is 0.508. The van der Waals surface area contributed by atoms with Crippen molar-refractivity contribution >= 4 is 28.0 Å². The van der Waals surface area contributed by atoms with Gasteiger partial charge in [-0.1, -0.05) is 20.8 Å². The first-order chi connectivity index (χ1) is 14.8. The number of carbonyl (C=O) groups is 1. The number of nitrogens with one attached hydrogen (secondary N) is 1. The summed E-state index contributed by atoms with van der Waals surface area (Å²) < 4.78 is 2.10. The summed E-state index contributed by atoms with van der Waals surface area (Å²) in [5.74, 6) is 0.110. The first-order valence-electron chi connectivity index (χ1n) is 11.0. The Hall–Kier alpha value is -3.15. The molecule has 0 radical (unpaired) electrons. The van der Waals surface area contributed by atoms with Crippen molar-refractivity contribution in [3.63, 3.8) is 0 Å². The van der Waals surface area contributed by atoms with Crippen LogP contribution < -0.4 is 0 Å². The molecule has 1 fully saturated rings. The van der Waals surface area contributed by atoms with Crippen molar-refractivity contribution in [2.24, 2.45) is 12.5 Å². The molecular formula is C25H27N5O. The van der Waals surface area contributed by atoms with Gasteiger partial charge in [0.15, 0.2) is 0 Å². The lowest BCUT2D eigenvalue weighted by molar-refractivity contribution is -0.0261. The fourth-order valence-electron chi connectivity index (χ4n) is 6.01. The number of aromatic nitrogens is 4. The summed E-state index contributed by atoms with van der Waals surface area (Å²) in [5.41, 5.74) is 7.45. The number of rotatable bonds is 1. The second-order valence-corrected chi connectivity index (χ2v) is 10.0. The molecule has 31 heavy (non-hydrogen) atoms. The smallest absolute Gasteiger partial charge is 0.254 e. The molecule has 158 valence electrons. The average molecular weight is 414 g/mol. The van der Waals surface area contributed by atoms with Crippen molar-refractivity contribution in [2.45, 2.75) is 45.1 Å². The number of imidazole rings is 2. The summed E-state index contributed by atoms with van der Waals surface area (Å²) in [7, 11) is 2.05. The van der Waals surface area contributed by atoms with Crippen molar-refractivity contribution in [3.05, 3.63) is 59.7 Å². The standard InChI is InChI=1S/C25H27N5O/c1-24(2)22-11-16-10-20-21(29(4)14-28-20)12-17(16)25(24,3)7-8-30(22)23(31)15-5-6-18-19(9-15)27-13-26-18/h5-6,9-10,12-14,22H,7-8,11H2,1-4H3,(H,26,27). The maximum atomic E-state index is 13.7. The first-order valence-corrected chi connectivity index (χ1v) is 11.0. The van der Waals surface area contributed by atoms with Gasteiger partial charge in [-0.2, -0.15) is 0 Å². The first kappa shape index (κ1) is 18.6. The average Bonchev–Trinajstić information content (AvgIpc) is 3.35. The zero-order chi connectivity index (χ0) is 21.5. The summed E-state index contributed by atoms with van der Waals surface area (Å²) in [4.78, 5) is 27.8. The monoisotopic (exact) mass is 413 g/mol. The lowest BCUT2D eigenvalue weighted by Crippen LogP contribution is -2.64. The van der Waals surface area contributed by atoms with Crippen LogP contribution in [-0.4, -0.2) is 42.9 Å². The van der Waals surface area contributed by atoms with Gasteiger partial charge >= 0.3 is 0 Å². The zero-order valence-electron chi connectivity index (χ0n) is 18.4. The Bertz CT molecular complexity index is 1360. The van der Waals surface area contributed by atoms with Crippen molar-refractivity contribution < 1.29 is 4.79 Å². The summed E-state index contributed by atoms with van der Waals surface area (Å²) in [5, 5.41) is 0. The number of nitrogens with zero attached hydrogens (tertiary/aromatic N) is 4. The van der Waals surface area contributed by atoms with Crippen LogP contribution in [0.15, 0.2) is 43.0 Å². The highest BCUT2D eigenvalue weighted by atomic mass is 16.2. The molecule has 2 bridgehead atoms. The van der Waals surface area contributed by atoms with E-state index in [1.54, 1.807) is 6.33 Å². The van der Waals surface area contributed by atoms with E-state index in [-0.39, 0.29) is 22.8 Å². The highest BCUT2D eigenvalue weighted by Gasteiger charge is 2.57. The molecule has 1 saturated heterocycles. The Labute approximate surface area is 181 Å². The van der Waals surface area contributed by atoms with Crippen LogP contribution in [0.5, 0.6) is 0 Å². The van der Waals surface area contributed by atoms with Gasteiger partial charge in [-0.15, -0.1) is 0 Å². The lowest BCUT2D eigenvalue weighted by Gasteiger charge is -2.60. The van der Waals surface area contributed by atoms with E-state index in [0.29, 0.717) is 0 Å². The van der Waals surface area contributed by atoms with E-state index < -0.39 is 0 Å². The van der Waals surface area contributed by atoms with Crippen LogP contribution in [0, 0.1) is 5.41 Å². The maximum Gasteiger partial charge on any atom is 0.254 e. The fraction of sp³-hybridized carbons (Fsp3) is 0.400. The number of hydrogen-bond acceptors (Lipinski definition) is 3. The van der Waals surface area contributed by atoms with Crippen molar-refractivity contribution in [3.8, 4) is 0 Å². The van der Waals surface area contributed by atoms with Crippen LogP contribution in [0.3, 0.4) is 0 Å². The molecule has 2 unspecified atom stereocenters. The third kappa shape index (κ3) is 2.36. The van der Waals surface area contributed by atoms with Crippen LogP contribution in [-0.2, 0) is 18.9 Å². The molecule has 2 aliphatic rings. The van der Waals surface area contributed by atoms with E-state index >= 15 is 0 Å². The molecule has 1 aliphatic carbocycles. The number of aryl methyl sites for hydroxylation is 1. The summed E-state index contributed by atoms with van der Waals surface area (Å²) in [6, 6.07) is 10.5. The largest absolute Gasteiger partial charge is 0.345 e. The van der Waals surface area contributed by atoms with Gasteiger partial charge in [-0.3, -0.25) is 4.79 Å². The number of carbonyl (C=O) groups excluding carboxylic acids is 1. The number of fused-ring (bicyclic) bond motifs is 6. The summed E-state index contributed by atoms with van der Waals surface area (Å²) in [6.07, 6.45) is 5.37. The fourth-order valence-corrected chi connectivity index (χ4v) is 6.01. The highest BCUT2D eigenvalue weighted by Crippen LogP contribution is 2.56. The minimum atomic E-state index is -0.0434.